The van der Waals surface area contributed by atoms with Crippen LogP contribution in [0, 0.1) is 5.41 Å². The number of hydrogen-bond donors (Lipinski definition) is 0. The highest BCUT2D eigenvalue weighted by Gasteiger charge is 2.45. The van der Waals surface area contributed by atoms with Gasteiger partial charge in [0.15, 0.2) is 7.31 Å². The van der Waals surface area contributed by atoms with E-state index in [-0.39, 0.29) is 0 Å². The highest BCUT2D eigenvalue weighted by molar-refractivity contribution is 6.87. The Balaban J connectivity index is 1.73. The van der Waals surface area contributed by atoms with Crippen molar-refractivity contribution in [1.82, 2.24) is 4.81 Å². The van der Waals surface area contributed by atoms with Crippen LogP contribution in [0.15, 0.2) is 0 Å². The summed E-state index contributed by atoms with van der Waals surface area (Å²) in [7, 11) is 5.02. The van der Waals surface area contributed by atoms with Crippen LogP contribution in [0.5, 0.6) is 0 Å². The molecular formula is C11H24B3N. The van der Waals surface area contributed by atoms with Crippen LogP contribution >= 0.6 is 0 Å². The maximum atomic E-state index is 2.61. The van der Waals surface area contributed by atoms with Gasteiger partial charge in [0.1, 0.15) is 7.28 Å². The minimum absolute atomic E-state index is 0.797. The zero-order valence-corrected chi connectivity index (χ0v) is 10.8. The third-order valence-corrected chi connectivity index (χ3v) is 4.61. The molecule has 2 aliphatic rings. The van der Waals surface area contributed by atoms with Crippen LogP contribution in [-0.4, -0.2) is 40.2 Å². The minimum Gasteiger partial charge on any atom is -0.353 e. The van der Waals surface area contributed by atoms with Crippen LogP contribution in [-0.2, 0) is 0 Å². The Hall–Kier alpha value is 0.155. The summed E-state index contributed by atoms with van der Waals surface area (Å²) in [5, 5.41) is 0. The average molecular weight is 203 g/mol. The van der Waals surface area contributed by atoms with E-state index in [1.807, 2.05) is 0 Å². The zero-order chi connectivity index (χ0) is 10.9. The van der Waals surface area contributed by atoms with Crippen LogP contribution in [0.3, 0.4) is 0 Å². The molecule has 0 bridgehead atoms. The Kier molecular flexibility index (Phi) is 3.54. The number of rotatable bonds is 3. The van der Waals surface area contributed by atoms with Crippen LogP contribution < -0.4 is 0 Å². The molecule has 0 N–H and O–H groups in total. The number of nitrogens with zero attached hydrogens (tertiary/aromatic N) is 1. The zero-order valence-electron chi connectivity index (χ0n) is 10.8. The van der Waals surface area contributed by atoms with E-state index in [1.165, 1.54) is 40.5 Å². The molecule has 1 saturated carbocycles. The maximum Gasteiger partial charge on any atom is 0.161 e. The van der Waals surface area contributed by atoms with Gasteiger partial charge in [-0.2, -0.15) is 0 Å². The van der Waals surface area contributed by atoms with E-state index in [0.29, 0.717) is 0 Å². The van der Waals surface area contributed by atoms with Crippen molar-refractivity contribution in [3.8, 4) is 0 Å². The average Bonchev–Trinajstić information content (AvgIpc) is 2.16. The Morgan fingerprint density at radius 3 is 2.33 bits per heavy atom. The molecule has 2 rings (SSSR count). The fourth-order valence-electron chi connectivity index (χ4n) is 3.75. The third-order valence-electron chi connectivity index (χ3n) is 4.61. The largest absolute Gasteiger partial charge is 0.353 e. The molecule has 1 saturated heterocycles. The fraction of sp³-hybridized carbons (Fsp3) is 1.00. The first kappa shape index (κ1) is 11.6. The predicted octanol–water partition coefficient (Wildman–Crippen LogP) is 0.815. The molecule has 1 aliphatic carbocycles. The first-order valence-corrected chi connectivity index (χ1v) is 6.86. The molecule has 0 unspecified atom stereocenters. The smallest absolute Gasteiger partial charge is 0.161 e. The second-order valence-electron chi connectivity index (χ2n) is 6.34. The van der Waals surface area contributed by atoms with Crippen LogP contribution in [0.4, 0.5) is 0 Å². The van der Waals surface area contributed by atoms with Gasteiger partial charge in [-0.05, 0) is 31.3 Å². The highest BCUT2D eigenvalue weighted by Crippen LogP contribution is 2.55. The lowest BCUT2D eigenvalue weighted by molar-refractivity contribution is 0.0607. The summed E-state index contributed by atoms with van der Waals surface area (Å²) in [5.41, 5.74) is 0.797. The van der Waals surface area contributed by atoms with E-state index in [1.54, 1.807) is 12.8 Å². The molecule has 0 amide bonds. The van der Waals surface area contributed by atoms with Crippen molar-refractivity contribution < 1.29 is 0 Å². The summed E-state index contributed by atoms with van der Waals surface area (Å²) in [6.45, 7) is 7.46. The lowest BCUT2D eigenvalue weighted by atomic mass is 9.41. The summed E-state index contributed by atoms with van der Waals surface area (Å²) in [5.74, 6) is 1.97. The number of hydrogen-bond acceptors (Lipinski definition) is 1. The summed E-state index contributed by atoms with van der Waals surface area (Å²) < 4.78 is 0. The Morgan fingerprint density at radius 1 is 1.27 bits per heavy atom. The molecule has 1 spiro atoms. The van der Waals surface area contributed by atoms with Crippen LogP contribution in [0.25, 0.3) is 0 Å². The van der Waals surface area contributed by atoms with Gasteiger partial charge in [-0.15, -0.1) is 0 Å². The van der Waals surface area contributed by atoms with Crippen molar-refractivity contribution in [2.45, 2.75) is 51.2 Å². The topological polar surface area (TPSA) is 3.24 Å². The Bertz CT molecular complexity index is 204. The first-order chi connectivity index (χ1) is 7.13. The molecule has 0 aromatic heterocycles. The van der Waals surface area contributed by atoms with Gasteiger partial charge in [-0.25, -0.2) is 0 Å². The lowest BCUT2D eigenvalue weighted by Crippen LogP contribution is -2.47. The van der Waals surface area contributed by atoms with Crippen molar-refractivity contribution in [3.05, 3.63) is 0 Å². The van der Waals surface area contributed by atoms with Gasteiger partial charge < -0.3 is 4.81 Å². The molecule has 0 atom stereocenters. The molecular weight excluding hydrogens is 179 g/mol. The van der Waals surface area contributed by atoms with Crippen LogP contribution in [0.2, 0.25) is 11.6 Å². The standard InChI is InChI=1S/C11H24B3N/c1-9(2)13-10-7-11(8-10)3-5-15(14-12)6-4-11/h9-10,13-14H,3-8,12H2,1-2H3. The van der Waals surface area contributed by atoms with Crippen molar-refractivity contribution >= 4 is 22.3 Å². The van der Waals surface area contributed by atoms with Gasteiger partial charge >= 0.3 is 0 Å². The Labute approximate surface area is 97.3 Å². The second-order valence-corrected chi connectivity index (χ2v) is 6.34. The normalized spacial score (nSPS) is 26.6. The lowest BCUT2D eigenvalue weighted by Gasteiger charge is -2.53. The molecule has 2 fully saturated rings. The van der Waals surface area contributed by atoms with Gasteiger partial charge in [-0.1, -0.05) is 38.3 Å². The third kappa shape index (κ3) is 2.64. The van der Waals surface area contributed by atoms with Crippen molar-refractivity contribution in [2.24, 2.45) is 5.41 Å². The molecule has 0 aromatic rings. The molecule has 0 radical (unpaired) electrons. The molecule has 1 heterocycles. The quantitative estimate of drug-likeness (QED) is 0.613. The summed E-state index contributed by atoms with van der Waals surface area (Å²) in [4.78, 5) is 2.61. The molecule has 0 aromatic carbocycles. The summed E-state index contributed by atoms with van der Waals surface area (Å²) >= 11 is 0. The van der Waals surface area contributed by atoms with E-state index in [9.17, 15) is 0 Å². The molecule has 4 heteroatoms. The van der Waals surface area contributed by atoms with E-state index in [0.717, 1.165) is 17.0 Å². The van der Waals surface area contributed by atoms with E-state index >= 15 is 0 Å². The van der Waals surface area contributed by atoms with E-state index in [2.05, 4.69) is 26.4 Å². The Morgan fingerprint density at radius 2 is 1.87 bits per heavy atom. The van der Waals surface area contributed by atoms with E-state index < -0.39 is 0 Å². The summed E-state index contributed by atoms with van der Waals surface area (Å²) in [6, 6.07) is 0. The fourth-order valence-corrected chi connectivity index (χ4v) is 3.75. The molecule has 1 aliphatic heterocycles. The van der Waals surface area contributed by atoms with Crippen molar-refractivity contribution in [2.75, 3.05) is 13.1 Å². The van der Waals surface area contributed by atoms with Gasteiger partial charge in [0.05, 0.1) is 7.74 Å². The molecule has 82 valence electrons. The van der Waals surface area contributed by atoms with Crippen molar-refractivity contribution in [3.63, 3.8) is 0 Å². The highest BCUT2D eigenvalue weighted by atomic mass is 15.0. The first-order valence-electron chi connectivity index (χ1n) is 6.86. The van der Waals surface area contributed by atoms with Crippen molar-refractivity contribution in [1.29, 1.82) is 0 Å². The summed E-state index contributed by atoms with van der Waals surface area (Å²) in [6.07, 6.45) is 6.05. The molecule has 15 heavy (non-hydrogen) atoms. The van der Waals surface area contributed by atoms with Gasteiger partial charge in [0.2, 0.25) is 0 Å². The van der Waals surface area contributed by atoms with Gasteiger partial charge in [0, 0.05) is 0 Å². The SMILES string of the molecule is BBN1CCC2(CC1)CC(BC(C)C)C2. The second kappa shape index (κ2) is 4.57. The monoisotopic (exact) mass is 203 g/mol. The maximum absolute atomic E-state index is 2.61. The van der Waals surface area contributed by atoms with Gasteiger partial charge in [0.25, 0.3) is 0 Å². The van der Waals surface area contributed by atoms with Crippen LogP contribution in [0.1, 0.15) is 39.5 Å². The molecule has 1 nitrogen and oxygen atoms in total. The van der Waals surface area contributed by atoms with E-state index in [4.69, 9.17) is 0 Å². The predicted molar refractivity (Wildman–Crippen MR) is 74.2 cm³/mol. The minimum atomic E-state index is 0.797. The number of piperidine rings is 1. The van der Waals surface area contributed by atoms with Gasteiger partial charge in [-0.3, -0.25) is 0 Å².